The van der Waals surface area contributed by atoms with Gasteiger partial charge in [0.15, 0.2) is 0 Å². The molecule has 2 rings (SSSR count). The molecule has 1 amide bonds. The molecular weight excluding hydrogens is 296 g/mol. The highest BCUT2D eigenvalue weighted by Crippen LogP contribution is 2.30. The van der Waals surface area contributed by atoms with E-state index in [0.29, 0.717) is 0 Å². The van der Waals surface area contributed by atoms with Crippen LogP contribution >= 0.6 is 12.4 Å². The molecule has 0 radical (unpaired) electrons. The Hall–Kier alpha value is -1.06. The average Bonchev–Trinajstić information content (AvgIpc) is 2.92. The van der Waals surface area contributed by atoms with E-state index in [1.54, 1.807) is 0 Å². The van der Waals surface area contributed by atoms with Gasteiger partial charge in [-0.15, -0.1) is 12.4 Å². The van der Waals surface area contributed by atoms with Crippen molar-refractivity contribution in [2.75, 3.05) is 0 Å². The molecule has 1 aromatic carbocycles. The van der Waals surface area contributed by atoms with Crippen LogP contribution in [0.4, 0.5) is 0 Å². The molecule has 0 heterocycles. The fourth-order valence-corrected chi connectivity index (χ4v) is 3.41. The van der Waals surface area contributed by atoms with Crippen molar-refractivity contribution in [3.05, 3.63) is 35.9 Å². The van der Waals surface area contributed by atoms with Crippen molar-refractivity contribution in [2.24, 2.45) is 11.7 Å². The first kappa shape index (κ1) is 19.0. The number of hydrogen-bond donors (Lipinski definition) is 2. The Balaban J connectivity index is 0.00000242. The van der Waals surface area contributed by atoms with Crippen LogP contribution < -0.4 is 11.1 Å². The van der Waals surface area contributed by atoms with Crippen LogP contribution in [0.5, 0.6) is 0 Å². The lowest BCUT2D eigenvalue weighted by Gasteiger charge is -2.35. The number of halogens is 1. The van der Waals surface area contributed by atoms with Gasteiger partial charge in [0.05, 0.1) is 0 Å². The molecule has 3 unspecified atom stereocenters. The highest BCUT2D eigenvalue weighted by atomic mass is 35.5. The van der Waals surface area contributed by atoms with E-state index in [1.165, 1.54) is 5.56 Å². The summed E-state index contributed by atoms with van der Waals surface area (Å²) in [6, 6.07) is 10.8. The van der Waals surface area contributed by atoms with Crippen LogP contribution in [-0.2, 0) is 10.2 Å². The lowest BCUT2D eigenvalue weighted by atomic mass is 9.76. The quantitative estimate of drug-likeness (QED) is 0.872. The minimum atomic E-state index is -0.0770. The Labute approximate surface area is 140 Å². The van der Waals surface area contributed by atoms with Crippen molar-refractivity contribution in [1.29, 1.82) is 0 Å². The molecule has 0 aliphatic heterocycles. The van der Waals surface area contributed by atoms with Gasteiger partial charge in [-0.25, -0.2) is 0 Å². The van der Waals surface area contributed by atoms with Crippen molar-refractivity contribution in [2.45, 2.75) is 64.0 Å². The van der Waals surface area contributed by atoms with Crippen LogP contribution in [0.2, 0.25) is 0 Å². The zero-order valence-electron chi connectivity index (χ0n) is 13.8. The maximum absolute atomic E-state index is 12.5. The molecule has 3 nitrogen and oxygen atoms in total. The third-order valence-corrected chi connectivity index (χ3v) is 4.96. The fourth-order valence-electron chi connectivity index (χ4n) is 3.41. The Morgan fingerprint density at radius 3 is 2.45 bits per heavy atom. The largest absolute Gasteiger partial charge is 0.352 e. The summed E-state index contributed by atoms with van der Waals surface area (Å²) in [5.74, 6) is 0.277. The van der Waals surface area contributed by atoms with E-state index in [-0.39, 0.29) is 41.7 Å². The molecule has 22 heavy (non-hydrogen) atoms. The summed E-state index contributed by atoms with van der Waals surface area (Å²) in [6.07, 6.45) is 3.65. The number of carbonyl (C=O) groups excluding carboxylic acids is 1. The summed E-state index contributed by atoms with van der Waals surface area (Å²) in [5.41, 5.74) is 7.11. The summed E-state index contributed by atoms with van der Waals surface area (Å²) in [5, 5.41) is 3.27. The number of hydrogen-bond acceptors (Lipinski definition) is 2. The Morgan fingerprint density at radius 1 is 1.32 bits per heavy atom. The van der Waals surface area contributed by atoms with Crippen LogP contribution in [0.15, 0.2) is 30.3 Å². The zero-order chi connectivity index (χ0) is 15.5. The Kier molecular flexibility index (Phi) is 6.89. The van der Waals surface area contributed by atoms with Crippen LogP contribution in [0.1, 0.15) is 52.0 Å². The lowest BCUT2D eigenvalue weighted by molar-refractivity contribution is -0.126. The predicted octanol–water partition coefficient (Wildman–Crippen LogP) is 3.41. The summed E-state index contributed by atoms with van der Waals surface area (Å²) < 4.78 is 0. The van der Waals surface area contributed by atoms with E-state index in [4.69, 9.17) is 5.73 Å². The van der Waals surface area contributed by atoms with Gasteiger partial charge in [-0.1, -0.05) is 51.1 Å². The molecule has 0 saturated heterocycles. The molecule has 124 valence electrons. The van der Waals surface area contributed by atoms with E-state index < -0.39 is 0 Å². The third kappa shape index (κ3) is 4.23. The molecule has 0 aromatic heterocycles. The minimum absolute atomic E-state index is 0. The molecule has 1 saturated carbocycles. The van der Waals surface area contributed by atoms with Gasteiger partial charge < -0.3 is 11.1 Å². The number of nitrogens with two attached hydrogens (primary N) is 1. The van der Waals surface area contributed by atoms with E-state index in [0.717, 1.165) is 25.7 Å². The topological polar surface area (TPSA) is 55.1 Å². The first-order valence-electron chi connectivity index (χ1n) is 8.06. The number of amides is 1. The molecule has 3 N–H and O–H groups in total. The first-order valence-corrected chi connectivity index (χ1v) is 8.06. The SMILES string of the molecule is CCC(NC(=O)C1CCC(N)C1)C(C)(C)c1ccccc1.Cl. The standard InChI is InChI=1S/C18H28N2O.ClH/c1-4-16(18(2,3)14-8-6-5-7-9-14)20-17(21)13-10-11-15(19)12-13;/h5-9,13,15-16H,4,10-12,19H2,1-3H3,(H,20,21);1H. The Morgan fingerprint density at radius 2 is 1.95 bits per heavy atom. The van der Waals surface area contributed by atoms with Crippen molar-refractivity contribution in [3.63, 3.8) is 0 Å². The van der Waals surface area contributed by atoms with Gasteiger partial charge in [-0.05, 0) is 31.2 Å². The van der Waals surface area contributed by atoms with Gasteiger partial charge >= 0.3 is 0 Å². The highest BCUT2D eigenvalue weighted by Gasteiger charge is 2.34. The normalized spacial score (nSPS) is 22.7. The molecule has 1 aliphatic carbocycles. The van der Waals surface area contributed by atoms with Gasteiger partial charge in [0.1, 0.15) is 0 Å². The predicted molar refractivity (Wildman–Crippen MR) is 94.3 cm³/mol. The summed E-state index contributed by atoms with van der Waals surface area (Å²) in [7, 11) is 0. The highest BCUT2D eigenvalue weighted by molar-refractivity contribution is 5.85. The third-order valence-electron chi connectivity index (χ3n) is 4.96. The minimum Gasteiger partial charge on any atom is -0.352 e. The number of rotatable bonds is 5. The van der Waals surface area contributed by atoms with E-state index in [2.05, 4.69) is 50.4 Å². The number of carbonyl (C=O) groups is 1. The molecule has 3 atom stereocenters. The van der Waals surface area contributed by atoms with E-state index in [1.807, 2.05) is 6.07 Å². The number of nitrogens with one attached hydrogen (secondary N) is 1. The molecule has 0 bridgehead atoms. The van der Waals surface area contributed by atoms with Gasteiger partial charge in [-0.2, -0.15) is 0 Å². The van der Waals surface area contributed by atoms with Gasteiger partial charge in [0.2, 0.25) is 5.91 Å². The van der Waals surface area contributed by atoms with Crippen LogP contribution in [0.25, 0.3) is 0 Å². The van der Waals surface area contributed by atoms with Crippen molar-refractivity contribution >= 4 is 18.3 Å². The maximum atomic E-state index is 12.5. The van der Waals surface area contributed by atoms with E-state index in [9.17, 15) is 4.79 Å². The average molecular weight is 325 g/mol. The summed E-state index contributed by atoms with van der Waals surface area (Å²) >= 11 is 0. The van der Waals surface area contributed by atoms with Crippen LogP contribution in [-0.4, -0.2) is 18.0 Å². The lowest BCUT2D eigenvalue weighted by Crippen LogP contribution is -2.48. The van der Waals surface area contributed by atoms with Gasteiger partial charge in [0.25, 0.3) is 0 Å². The van der Waals surface area contributed by atoms with E-state index >= 15 is 0 Å². The second-order valence-electron chi connectivity index (χ2n) is 6.83. The smallest absolute Gasteiger partial charge is 0.223 e. The monoisotopic (exact) mass is 324 g/mol. The van der Waals surface area contributed by atoms with Crippen LogP contribution in [0, 0.1) is 5.92 Å². The maximum Gasteiger partial charge on any atom is 0.223 e. The second-order valence-corrected chi connectivity index (χ2v) is 6.83. The summed E-state index contributed by atoms with van der Waals surface area (Å²) in [6.45, 7) is 6.55. The van der Waals surface area contributed by atoms with Crippen molar-refractivity contribution in [1.82, 2.24) is 5.32 Å². The molecule has 1 fully saturated rings. The number of benzene rings is 1. The summed E-state index contributed by atoms with van der Waals surface area (Å²) in [4.78, 5) is 12.5. The molecule has 0 spiro atoms. The second kappa shape index (κ2) is 7.98. The van der Waals surface area contributed by atoms with Gasteiger partial charge in [-0.3, -0.25) is 4.79 Å². The molecule has 4 heteroatoms. The molecule has 1 aliphatic rings. The van der Waals surface area contributed by atoms with Crippen LogP contribution in [0.3, 0.4) is 0 Å². The van der Waals surface area contributed by atoms with Gasteiger partial charge in [0, 0.05) is 23.4 Å². The zero-order valence-corrected chi connectivity index (χ0v) is 14.7. The fraction of sp³-hybridized carbons (Fsp3) is 0.611. The Bertz CT molecular complexity index is 475. The molecule has 1 aromatic rings. The first-order chi connectivity index (χ1) is 9.95. The van der Waals surface area contributed by atoms with Crippen molar-refractivity contribution in [3.8, 4) is 0 Å². The molecular formula is C18H29ClN2O. The van der Waals surface area contributed by atoms with Crippen molar-refractivity contribution < 1.29 is 4.79 Å².